The van der Waals surface area contributed by atoms with Crippen molar-refractivity contribution in [2.45, 2.75) is 35.4 Å². The van der Waals surface area contributed by atoms with Crippen LogP contribution in [0.25, 0.3) is 0 Å². The summed E-state index contributed by atoms with van der Waals surface area (Å²) in [6, 6.07) is 2.91. The molecule has 0 unspecified atom stereocenters. The van der Waals surface area contributed by atoms with Gasteiger partial charge in [0, 0.05) is 6.54 Å². The fourth-order valence-electron chi connectivity index (χ4n) is 2.45. The Morgan fingerprint density at radius 3 is 2.50 bits per heavy atom. The number of halogens is 2. The maximum Gasteiger partial charge on any atom is 0.250 e. The number of sulfonamides is 1. The summed E-state index contributed by atoms with van der Waals surface area (Å²) >= 11 is 6.66. The van der Waals surface area contributed by atoms with Crippen LogP contribution in [0.15, 0.2) is 16.3 Å². The van der Waals surface area contributed by atoms with Gasteiger partial charge >= 0.3 is 0 Å². The van der Waals surface area contributed by atoms with Crippen molar-refractivity contribution in [3.8, 4) is 0 Å². The Hall–Kier alpha value is -0.380. The van der Waals surface area contributed by atoms with Gasteiger partial charge in [-0.3, -0.25) is 4.79 Å². The molecule has 126 valence electrons. The topological polar surface area (TPSA) is 101 Å². The van der Waals surface area contributed by atoms with Gasteiger partial charge in [0.05, 0.1) is 16.4 Å². The lowest BCUT2D eigenvalue weighted by atomic mass is 9.98. The number of rotatable bonds is 6. The number of thiophene rings is 1. The maximum absolute atomic E-state index is 12.0. The minimum absolute atomic E-state index is 0. The number of carbonyl (C=O) groups excluding carboxylic acids is 1. The highest BCUT2D eigenvalue weighted by Gasteiger charge is 2.34. The van der Waals surface area contributed by atoms with E-state index in [1.54, 1.807) is 0 Å². The summed E-state index contributed by atoms with van der Waals surface area (Å²) in [5.41, 5.74) is 5.35. The van der Waals surface area contributed by atoms with E-state index in [9.17, 15) is 13.2 Å². The van der Waals surface area contributed by atoms with Gasteiger partial charge in [0.1, 0.15) is 4.21 Å². The van der Waals surface area contributed by atoms with E-state index in [4.69, 9.17) is 17.3 Å². The molecule has 0 spiro atoms. The van der Waals surface area contributed by atoms with Gasteiger partial charge in [-0.05, 0) is 25.0 Å². The first-order valence-corrected chi connectivity index (χ1v) is 9.31. The Balaban J connectivity index is 0.00000242. The van der Waals surface area contributed by atoms with Crippen LogP contribution < -0.4 is 15.8 Å². The fraction of sp³-hybridized carbons (Fsp3) is 0.583. The molecule has 0 radical (unpaired) electrons. The molecule has 0 aromatic carbocycles. The van der Waals surface area contributed by atoms with Crippen LogP contribution in [0, 0.1) is 0 Å². The van der Waals surface area contributed by atoms with Crippen molar-refractivity contribution < 1.29 is 13.2 Å². The molecular weight excluding hydrogens is 369 g/mol. The second-order valence-electron chi connectivity index (χ2n) is 5.12. The Labute approximate surface area is 145 Å². The Morgan fingerprint density at radius 1 is 1.36 bits per heavy atom. The molecule has 1 aromatic rings. The highest BCUT2D eigenvalue weighted by molar-refractivity contribution is 7.91. The molecule has 22 heavy (non-hydrogen) atoms. The Kier molecular flexibility index (Phi) is 7.10. The zero-order chi connectivity index (χ0) is 15.5. The SMILES string of the molecule is Cl.NCC1(NC(=O)CNS(=O)(=O)c2ccc(Cl)s2)CCCC1. The predicted molar refractivity (Wildman–Crippen MR) is 90.2 cm³/mol. The van der Waals surface area contributed by atoms with E-state index in [0.717, 1.165) is 37.0 Å². The van der Waals surface area contributed by atoms with Gasteiger partial charge in [-0.2, -0.15) is 0 Å². The first kappa shape index (κ1) is 19.7. The third-order valence-corrected chi connectivity index (χ3v) is 6.72. The summed E-state index contributed by atoms with van der Waals surface area (Å²) in [6.07, 6.45) is 3.72. The van der Waals surface area contributed by atoms with Crippen LogP contribution in [0.5, 0.6) is 0 Å². The van der Waals surface area contributed by atoms with Crippen molar-refractivity contribution in [2.75, 3.05) is 13.1 Å². The molecule has 4 N–H and O–H groups in total. The van der Waals surface area contributed by atoms with Crippen molar-refractivity contribution in [2.24, 2.45) is 5.73 Å². The van der Waals surface area contributed by atoms with E-state index in [1.807, 2.05) is 0 Å². The van der Waals surface area contributed by atoms with Gasteiger partial charge in [0.2, 0.25) is 5.91 Å². The lowest BCUT2D eigenvalue weighted by Crippen LogP contribution is -2.54. The zero-order valence-corrected chi connectivity index (χ0v) is 15.0. The first-order chi connectivity index (χ1) is 9.87. The lowest BCUT2D eigenvalue weighted by molar-refractivity contribution is -0.121. The molecule has 1 aliphatic carbocycles. The summed E-state index contributed by atoms with van der Waals surface area (Å²) in [6.45, 7) is 0.0611. The molecule has 0 atom stereocenters. The molecular formula is C12H19Cl2N3O3S2. The number of amides is 1. The monoisotopic (exact) mass is 387 g/mol. The fourth-order valence-corrected chi connectivity index (χ4v) is 4.96. The highest BCUT2D eigenvalue weighted by Crippen LogP contribution is 2.28. The maximum atomic E-state index is 12.0. The Morgan fingerprint density at radius 2 is 2.00 bits per heavy atom. The third-order valence-electron chi connectivity index (χ3n) is 3.59. The number of nitrogens with one attached hydrogen (secondary N) is 2. The van der Waals surface area contributed by atoms with Crippen LogP contribution in [-0.2, 0) is 14.8 Å². The number of nitrogens with two attached hydrogens (primary N) is 1. The van der Waals surface area contributed by atoms with Crippen LogP contribution in [0.2, 0.25) is 4.34 Å². The van der Waals surface area contributed by atoms with E-state index in [2.05, 4.69) is 10.0 Å². The molecule has 0 bridgehead atoms. The van der Waals surface area contributed by atoms with E-state index in [1.165, 1.54) is 12.1 Å². The molecule has 1 fully saturated rings. The van der Waals surface area contributed by atoms with Crippen LogP contribution >= 0.6 is 35.3 Å². The minimum atomic E-state index is -3.70. The number of hydrogen-bond donors (Lipinski definition) is 3. The van der Waals surface area contributed by atoms with Crippen molar-refractivity contribution >= 4 is 51.3 Å². The zero-order valence-electron chi connectivity index (χ0n) is 11.8. The van der Waals surface area contributed by atoms with Gasteiger partial charge in [0.25, 0.3) is 10.0 Å². The van der Waals surface area contributed by atoms with Gasteiger partial charge in [0.15, 0.2) is 0 Å². The van der Waals surface area contributed by atoms with E-state index in [0.29, 0.717) is 10.9 Å². The summed E-state index contributed by atoms with van der Waals surface area (Å²) < 4.78 is 26.7. The second kappa shape index (κ2) is 7.94. The number of carbonyl (C=O) groups is 1. The second-order valence-corrected chi connectivity index (χ2v) is 8.83. The predicted octanol–water partition coefficient (Wildman–Crippen LogP) is 1.49. The van der Waals surface area contributed by atoms with Gasteiger partial charge in [-0.1, -0.05) is 24.4 Å². The van der Waals surface area contributed by atoms with E-state index >= 15 is 0 Å². The molecule has 6 nitrogen and oxygen atoms in total. The van der Waals surface area contributed by atoms with Gasteiger partial charge in [-0.15, -0.1) is 23.7 Å². The summed E-state index contributed by atoms with van der Waals surface area (Å²) in [5.74, 6) is -0.367. The van der Waals surface area contributed by atoms with Crippen molar-refractivity contribution in [1.82, 2.24) is 10.0 Å². The van der Waals surface area contributed by atoms with Crippen LogP contribution in [0.4, 0.5) is 0 Å². The van der Waals surface area contributed by atoms with Gasteiger partial charge < -0.3 is 11.1 Å². The van der Waals surface area contributed by atoms with Crippen LogP contribution in [-0.4, -0.2) is 33.0 Å². The molecule has 1 aromatic heterocycles. The summed E-state index contributed by atoms with van der Waals surface area (Å²) in [7, 11) is -3.70. The summed E-state index contributed by atoms with van der Waals surface area (Å²) in [4.78, 5) is 11.9. The van der Waals surface area contributed by atoms with E-state index < -0.39 is 10.0 Å². The largest absolute Gasteiger partial charge is 0.348 e. The van der Waals surface area contributed by atoms with Crippen molar-refractivity contribution in [1.29, 1.82) is 0 Å². The van der Waals surface area contributed by atoms with Crippen molar-refractivity contribution in [3.63, 3.8) is 0 Å². The standard InChI is InChI=1S/C12H18ClN3O3S2.ClH/c13-9-3-4-11(20-9)21(18,19)15-7-10(17)16-12(8-14)5-1-2-6-12;/h3-4,15H,1-2,5-8,14H2,(H,16,17);1H. The molecule has 10 heteroatoms. The average molecular weight is 388 g/mol. The van der Waals surface area contributed by atoms with Gasteiger partial charge in [-0.25, -0.2) is 13.1 Å². The van der Waals surface area contributed by atoms with E-state index in [-0.39, 0.29) is 34.6 Å². The molecule has 2 rings (SSSR count). The smallest absolute Gasteiger partial charge is 0.250 e. The molecule has 0 saturated heterocycles. The quantitative estimate of drug-likeness (QED) is 0.687. The average Bonchev–Trinajstić information content (AvgIpc) is 3.07. The van der Waals surface area contributed by atoms with Crippen LogP contribution in [0.1, 0.15) is 25.7 Å². The van der Waals surface area contributed by atoms with Crippen LogP contribution in [0.3, 0.4) is 0 Å². The number of hydrogen-bond acceptors (Lipinski definition) is 5. The molecule has 1 aliphatic rings. The molecule has 0 aliphatic heterocycles. The highest BCUT2D eigenvalue weighted by atomic mass is 35.5. The first-order valence-electron chi connectivity index (χ1n) is 6.63. The molecule has 1 amide bonds. The summed E-state index contributed by atoms with van der Waals surface area (Å²) in [5, 5.41) is 2.86. The third kappa shape index (κ3) is 4.81. The minimum Gasteiger partial charge on any atom is -0.348 e. The van der Waals surface area contributed by atoms with Crippen molar-refractivity contribution in [3.05, 3.63) is 16.5 Å². The Bertz CT molecular complexity index is 613. The molecule has 1 saturated carbocycles. The molecule has 1 heterocycles. The lowest BCUT2D eigenvalue weighted by Gasteiger charge is -2.28. The normalized spacial score (nSPS) is 17.0.